The highest BCUT2D eigenvalue weighted by atomic mass is 32.1. The van der Waals surface area contributed by atoms with E-state index in [9.17, 15) is 14.0 Å². The van der Waals surface area contributed by atoms with Gasteiger partial charge in [0, 0.05) is 10.9 Å². The largest absolute Gasteiger partial charge is 0.484 e. The first-order valence-corrected chi connectivity index (χ1v) is 9.26. The van der Waals surface area contributed by atoms with Gasteiger partial charge in [-0.05, 0) is 42.6 Å². The van der Waals surface area contributed by atoms with Crippen molar-refractivity contribution in [2.75, 3.05) is 6.61 Å². The van der Waals surface area contributed by atoms with Gasteiger partial charge in [-0.3, -0.25) is 20.4 Å². The summed E-state index contributed by atoms with van der Waals surface area (Å²) in [7, 11) is 0. The van der Waals surface area contributed by atoms with E-state index in [2.05, 4.69) is 15.8 Å². The second kappa shape index (κ2) is 8.07. The molecule has 134 valence electrons. The average Bonchev–Trinajstić information content (AvgIpc) is 3.28. The highest BCUT2D eigenvalue weighted by Crippen LogP contribution is 2.29. The molecule has 0 atom stereocenters. The van der Waals surface area contributed by atoms with Crippen LogP contribution in [0.5, 0.6) is 5.75 Å². The molecule has 2 aromatic heterocycles. The van der Waals surface area contributed by atoms with E-state index in [1.54, 1.807) is 18.3 Å². The molecule has 0 radical (unpaired) electrons. The van der Waals surface area contributed by atoms with Crippen LogP contribution in [-0.2, 0) is 4.79 Å². The molecule has 2 N–H and O–H groups in total. The lowest BCUT2D eigenvalue weighted by Gasteiger charge is -2.08. The molecule has 2 amide bonds. The van der Waals surface area contributed by atoms with Crippen LogP contribution in [0.15, 0.2) is 41.1 Å². The van der Waals surface area contributed by atoms with Crippen molar-refractivity contribution in [2.24, 2.45) is 0 Å². The number of halogens is 1. The minimum atomic E-state index is -0.539. The van der Waals surface area contributed by atoms with Crippen LogP contribution in [0.3, 0.4) is 0 Å². The zero-order chi connectivity index (χ0) is 18.5. The van der Waals surface area contributed by atoms with E-state index in [0.717, 1.165) is 10.6 Å². The van der Waals surface area contributed by atoms with Crippen LogP contribution < -0.4 is 15.6 Å². The number of hydrogen-bond acceptors (Lipinski definition) is 6. The molecule has 0 saturated heterocycles. The van der Waals surface area contributed by atoms with Crippen molar-refractivity contribution in [3.8, 4) is 16.3 Å². The fraction of sp³-hybridized carbons (Fsp3) is 0.118. The Morgan fingerprint density at radius 1 is 1.19 bits per heavy atom. The second-order valence-electron chi connectivity index (χ2n) is 5.19. The van der Waals surface area contributed by atoms with Gasteiger partial charge in [0.15, 0.2) is 6.61 Å². The van der Waals surface area contributed by atoms with Gasteiger partial charge in [-0.15, -0.1) is 11.3 Å². The van der Waals surface area contributed by atoms with Gasteiger partial charge in [0.1, 0.15) is 21.5 Å². The molecular formula is C17H14FN3O3S2. The fourth-order valence-corrected chi connectivity index (χ4v) is 3.69. The van der Waals surface area contributed by atoms with Crippen molar-refractivity contribution in [1.82, 2.24) is 15.8 Å². The summed E-state index contributed by atoms with van der Waals surface area (Å²) >= 11 is 2.80. The van der Waals surface area contributed by atoms with Gasteiger partial charge in [0.25, 0.3) is 11.8 Å². The van der Waals surface area contributed by atoms with Crippen LogP contribution in [0, 0.1) is 12.7 Å². The Kier molecular flexibility index (Phi) is 5.59. The highest BCUT2D eigenvalue weighted by molar-refractivity contribution is 7.17. The third kappa shape index (κ3) is 4.44. The molecule has 0 fully saturated rings. The number of thiophene rings is 1. The first kappa shape index (κ1) is 18.0. The Morgan fingerprint density at radius 3 is 2.65 bits per heavy atom. The molecule has 0 aliphatic heterocycles. The minimum absolute atomic E-state index is 0.312. The number of aryl methyl sites for hydroxylation is 1. The topological polar surface area (TPSA) is 80.3 Å². The molecular weight excluding hydrogens is 377 g/mol. The van der Waals surface area contributed by atoms with Gasteiger partial charge < -0.3 is 4.74 Å². The fourth-order valence-electron chi connectivity index (χ4n) is 2.02. The molecule has 0 aliphatic carbocycles. The zero-order valence-electron chi connectivity index (χ0n) is 13.6. The number of rotatable bonds is 5. The summed E-state index contributed by atoms with van der Waals surface area (Å²) < 4.78 is 18.0. The molecule has 0 spiro atoms. The number of hydrogen-bond donors (Lipinski definition) is 2. The van der Waals surface area contributed by atoms with Crippen LogP contribution >= 0.6 is 22.7 Å². The number of ether oxygens (including phenoxy) is 1. The number of benzene rings is 1. The number of nitrogens with zero attached hydrogens (tertiary/aromatic N) is 1. The maximum Gasteiger partial charge on any atom is 0.281 e. The number of amides is 2. The summed E-state index contributed by atoms with van der Waals surface area (Å²) in [5.74, 6) is -1.03. The number of hydrazine groups is 1. The molecule has 26 heavy (non-hydrogen) atoms. The van der Waals surface area contributed by atoms with E-state index in [-0.39, 0.29) is 6.61 Å². The molecule has 0 aliphatic rings. The van der Waals surface area contributed by atoms with E-state index in [0.29, 0.717) is 16.3 Å². The highest BCUT2D eigenvalue weighted by Gasteiger charge is 2.17. The van der Waals surface area contributed by atoms with E-state index < -0.39 is 17.6 Å². The van der Waals surface area contributed by atoms with Crippen LogP contribution in [0.4, 0.5) is 4.39 Å². The van der Waals surface area contributed by atoms with E-state index in [1.807, 2.05) is 16.8 Å². The monoisotopic (exact) mass is 391 g/mol. The molecule has 1 aromatic carbocycles. The molecule has 0 saturated carbocycles. The predicted octanol–water partition coefficient (Wildman–Crippen LogP) is 3.16. The molecule has 0 unspecified atom stereocenters. The van der Waals surface area contributed by atoms with Crippen LogP contribution in [0.1, 0.15) is 15.4 Å². The summed E-state index contributed by atoms with van der Waals surface area (Å²) in [5, 5.41) is 4.64. The number of thiazole rings is 1. The van der Waals surface area contributed by atoms with E-state index in [1.165, 1.54) is 35.6 Å². The van der Waals surface area contributed by atoms with E-state index >= 15 is 0 Å². The van der Waals surface area contributed by atoms with Crippen LogP contribution in [-0.4, -0.2) is 23.4 Å². The van der Waals surface area contributed by atoms with Crippen molar-refractivity contribution in [3.05, 3.63) is 57.5 Å². The number of carbonyl (C=O) groups is 2. The SMILES string of the molecule is Cc1nc(-c2ccsc2)sc1C(=O)NNC(=O)COc1ccc(F)cc1. The third-order valence-electron chi connectivity index (χ3n) is 3.27. The van der Waals surface area contributed by atoms with Crippen molar-refractivity contribution in [1.29, 1.82) is 0 Å². The van der Waals surface area contributed by atoms with Crippen molar-refractivity contribution in [2.45, 2.75) is 6.92 Å². The van der Waals surface area contributed by atoms with Gasteiger partial charge in [-0.2, -0.15) is 11.3 Å². The second-order valence-corrected chi connectivity index (χ2v) is 6.97. The van der Waals surface area contributed by atoms with Crippen molar-refractivity contribution < 1.29 is 18.7 Å². The van der Waals surface area contributed by atoms with Crippen molar-refractivity contribution in [3.63, 3.8) is 0 Å². The molecule has 6 nitrogen and oxygen atoms in total. The summed E-state index contributed by atoms with van der Waals surface area (Å²) in [6, 6.07) is 7.21. The first-order chi connectivity index (χ1) is 12.5. The maximum atomic E-state index is 12.8. The lowest BCUT2D eigenvalue weighted by molar-refractivity contribution is -0.123. The molecule has 2 heterocycles. The summed E-state index contributed by atoms with van der Waals surface area (Å²) in [5.41, 5.74) is 6.16. The Hall–Kier alpha value is -2.78. The van der Waals surface area contributed by atoms with Crippen LogP contribution in [0.2, 0.25) is 0 Å². The standard InChI is InChI=1S/C17H14FN3O3S2/c1-10-15(26-17(19-10)11-6-7-25-9-11)16(23)21-20-14(22)8-24-13-4-2-12(18)3-5-13/h2-7,9H,8H2,1H3,(H,20,22)(H,21,23). The van der Waals surface area contributed by atoms with Gasteiger partial charge in [0.05, 0.1) is 5.69 Å². The maximum absolute atomic E-state index is 12.8. The lowest BCUT2D eigenvalue weighted by atomic mass is 10.3. The van der Waals surface area contributed by atoms with Gasteiger partial charge in [-0.25, -0.2) is 9.37 Å². The molecule has 3 aromatic rings. The average molecular weight is 391 g/mol. The zero-order valence-corrected chi connectivity index (χ0v) is 15.2. The van der Waals surface area contributed by atoms with Gasteiger partial charge in [0.2, 0.25) is 0 Å². The number of nitrogens with one attached hydrogen (secondary N) is 2. The first-order valence-electron chi connectivity index (χ1n) is 7.50. The predicted molar refractivity (Wildman–Crippen MR) is 97.7 cm³/mol. The Balaban J connectivity index is 1.52. The number of carbonyl (C=O) groups excluding carboxylic acids is 2. The third-order valence-corrected chi connectivity index (χ3v) is 5.16. The lowest BCUT2D eigenvalue weighted by Crippen LogP contribution is -2.43. The Morgan fingerprint density at radius 2 is 1.96 bits per heavy atom. The minimum Gasteiger partial charge on any atom is -0.484 e. The van der Waals surface area contributed by atoms with Gasteiger partial charge in [-0.1, -0.05) is 0 Å². The molecule has 0 bridgehead atoms. The molecule has 3 rings (SSSR count). The van der Waals surface area contributed by atoms with E-state index in [4.69, 9.17) is 4.74 Å². The Labute approximate surface area is 156 Å². The smallest absolute Gasteiger partial charge is 0.281 e. The van der Waals surface area contributed by atoms with Gasteiger partial charge >= 0.3 is 0 Å². The quantitative estimate of drug-likeness (QED) is 0.655. The van der Waals surface area contributed by atoms with Crippen molar-refractivity contribution >= 4 is 34.5 Å². The van der Waals surface area contributed by atoms with Crippen LogP contribution in [0.25, 0.3) is 10.6 Å². The summed E-state index contributed by atoms with van der Waals surface area (Å²) in [6.45, 7) is 1.43. The summed E-state index contributed by atoms with van der Waals surface area (Å²) in [6.07, 6.45) is 0. The Bertz CT molecular complexity index is 908. The molecule has 9 heteroatoms. The normalized spacial score (nSPS) is 10.4. The summed E-state index contributed by atoms with van der Waals surface area (Å²) in [4.78, 5) is 28.8. The number of aromatic nitrogens is 1.